The van der Waals surface area contributed by atoms with Crippen LogP contribution in [-0.2, 0) is 0 Å². The van der Waals surface area contributed by atoms with E-state index in [0.29, 0.717) is 11.1 Å². The number of nitrogens with zero attached hydrogens (tertiary/aromatic N) is 4. The number of rotatable bonds is 4. The zero-order valence-corrected chi connectivity index (χ0v) is 9.82. The Hall–Kier alpha value is -1.08. The van der Waals surface area contributed by atoms with Crippen LogP contribution in [0.2, 0.25) is 0 Å². The van der Waals surface area contributed by atoms with Crippen LogP contribution in [0.1, 0.15) is 6.92 Å². The van der Waals surface area contributed by atoms with Crippen LogP contribution in [0.4, 0.5) is 11.9 Å². The van der Waals surface area contributed by atoms with Crippen molar-refractivity contribution in [2.45, 2.75) is 17.3 Å². The van der Waals surface area contributed by atoms with E-state index in [-0.39, 0.29) is 17.8 Å². The van der Waals surface area contributed by atoms with E-state index in [4.69, 9.17) is 10.8 Å². The van der Waals surface area contributed by atoms with E-state index >= 15 is 0 Å². The predicted octanol–water partition coefficient (Wildman–Crippen LogP) is -0.00730. The van der Waals surface area contributed by atoms with Crippen molar-refractivity contribution in [3.63, 3.8) is 0 Å². The summed E-state index contributed by atoms with van der Waals surface area (Å²) < 4.78 is 0. The van der Waals surface area contributed by atoms with Crippen molar-refractivity contribution in [3.05, 3.63) is 0 Å². The molecule has 0 aliphatic carbocycles. The summed E-state index contributed by atoms with van der Waals surface area (Å²) in [6, 6.07) is 0. The molecular formula is C8H15N5OS. The standard InChI is InChI=1S/C8H15N5OS/c1-5(4-14)15-8-11-6(9)10-7(12-8)13(2)3/h5,14H,4H2,1-3H3,(H2,9,10,11,12). The number of hydrogen-bond acceptors (Lipinski definition) is 7. The van der Waals surface area contributed by atoms with Crippen LogP contribution in [0, 0.1) is 0 Å². The molecule has 3 N–H and O–H groups in total. The molecule has 0 saturated carbocycles. The number of nitrogens with two attached hydrogens (primary N) is 1. The third-order valence-electron chi connectivity index (χ3n) is 1.58. The van der Waals surface area contributed by atoms with Crippen LogP contribution >= 0.6 is 11.8 Å². The van der Waals surface area contributed by atoms with Crippen LogP contribution in [0.15, 0.2) is 5.16 Å². The number of hydrogen-bond donors (Lipinski definition) is 2. The molecule has 0 amide bonds. The lowest BCUT2D eigenvalue weighted by Gasteiger charge is -2.12. The van der Waals surface area contributed by atoms with E-state index in [1.54, 1.807) is 4.90 Å². The van der Waals surface area contributed by atoms with Gasteiger partial charge in [0.05, 0.1) is 6.61 Å². The minimum atomic E-state index is 0.0433. The predicted molar refractivity (Wildman–Crippen MR) is 61.0 cm³/mol. The van der Waals surface area contributed by atoms with Crippen molar-refractivity contribution in [2.75, 3.05) is 31.3 Å². The molecule has 0 radical (unpaired) electrons. The highest BCUT2D eigenvalue weighted by atomic mass is 32.2. The molecule has 1 heterocycles. The molecule has 0 fully saturated rings. The van der Waals surface area contributed by atoms with Gasteiger partial charge in [0.2, 0.25) is 11.9 Å². The van der Waals surface area contributed by atoms with Crippen molar-refractivity contribution in [3.8, 4) is 0 Å². The van der Waals surface area contributed by atoms with Gasteiger partial charge in [0.25, 0.3) is 0 Å². The highest BCUT2D eigenvalue weighted by Crippen LogP contribution is 2.20. The summed E-state index contributed by atoms with van der Waals surface area (Å²) in [5.74, 6) is 0.719. The maximum atomic E-state index is 8.91. The average molecular weight is 229 g/mol. The average Bonchev–Trinajstić information content (AvgIpc) is 2.16. The fourth-order valence-corrected chi connectivity index (χ4v) is 1.55. The maximum Gasteiger partial charge on any atom is 0.230 e. The van der Waals surface area contributed by atoms with Gasteiger partial charge in [-0.15, -0.1) is 0 Å². The third kappa shape index (κ3) is 3.52. The molecule has 6 nitrogen and oxygen atoms in total. The molecule has 0 aromatic carbocycles. The largest absolute Gasteiger partial charge is 0.395 e. The Morgan fingerprint density at radius 2 is 2.07 bits per heavy atom. The summed E-state index contributed by atoms with van der Waals surface area (Å²) in [6.07, 6.45) is 0. The van der Waals surface area contributed by atoms with Gasteiger partial charge >= 0.3 is 0 Å². The molecule has 84 valence electrons. The first-order chi connectivity index (χ1) is 7.02. The van der Waals surface area contributed by atoms with Crippen LogP contribution in [0.25, 0.3) is 0 Å². The summed E-state index contributed by atoms with van der Waals surface area (Å²) in [6.45, 7) is 1.97. The molecule has 7 heteroatoms. The van der Waals surface area contributed by atoms with Crippen LogP contribution in [-0.4, -0.2) is 46.0 Å². The summed E-state index contributed by atoms with van der Waals surface area (Å²) in [7, 11) is 3.66. The summed E-state index contributed by atoms with van der Waals surface area (Å²) in [5.41, 5.74) is 5.55. The SMILES string of the molecule is CC(CO)Sc1nc(N)nc(N(C)C)n1. The second-order valence-corrected chi connectivity index (χ2v) is 4.69. The van der Waals surface area contributed by atoms with Gasteiger partial charge in [0, 0.05) is 19.3 Å². The molecule has 1 unspecified atom stereocenters. The van der Waals surface area contributed by atoms with Crippen LogP contribution in [0.5, 0.6) is 0 Å². The molecule has 0 saturated heterocycles. The third-order valence-corrected chi connectivity index (χ3v) is 2.53. The molecule has 1 rings (SSSR count). The first-order valence-electron chi connectivity index (χ1n) is 4.49. The number of nitrogen functional groups attached to an aromatic ring is 1. The van der Waals surface area contributed by atoms with E-state index in [0.717, 1.165) is 0 Å². The number of aliphatic hydroxyl groups excluding tert-OH is 1. The number of thioether (sulfide) groups is 1. The molecule has 0 aliphatic rings. The van der Waals surface area contributed by atoms with Gasteiger partial charge < -0.3 is 15.7 Å². The zero-order chi connectivity index (χ0) is 11.4. The summed E-state index contributed by atoms with van der Waals surface area (Å²) >= 11 is 1.37. The molecule has 0 bridgehead atoms. The molecular weight excluding hydrogens is 214 g/mol. The first-order valence-corrected chi connectivity index (χ1v) is 5.37. The van der Waals surface area contributed by atoms with Gasteiger partial charge in [-0.05, 0) is 0 Å². The van der Waals surface area contributed by atoms with Gasteiger partial charge in [-0.1, -0.05) is 18.7 Å². The fourth-order valence-electron chi connectivity index (χ4n) is 0.831. The van der Waals surface area contributed by atoms with Gasteiger partial charge in [-0.25, -0.2) is 0 Å². The second-order valence-electron chi connectivity index (χ2n) is 3.28. The van der Waals surface area contributed by atoms with Crippen molar-refractivity contribution in [1.82, 2.24) is 15.0 Å². The Kier molecular flexibility index (Phi) is 4.10. The quantitative estimate of drug-likeness (QED) is 0.702. The van der Waals surface area contributed by atoms with E-state index < -0.39 is 0 Å². The molecule has 1 aromatic heterocycles. The normalized spacial score (nSPS) is 12.5. The van der Waals surface area contributed by atoms with Gasteiger partial charge in [0.1, 0.15) is 0 Å². The Morgan fingerprint density at radius 1 is 1.40 bits per heavy atom. The Labute approximate surface area is 92.9 Å². The summed E-state index contributed by atoms with van der Waals surface area (Å²) in [4.78, 5) is 13.9. The molecule has 0 aliphatic heterocycles. The van der Waals surface area contributed by atoms with Crippen LogP contribution < -0.4 is 10.6 Å². The van der Waals surface area contributed by atoms with Gasteiger partial charge in [-0.3, -0.25) is 0 Å². The zero-order valence-electron chi connectivity index (χ0n) is 9.01. The van der Waals surface area contributed by atoms with Crippen molar-refractivity contribution in [1.29, 1.82) is 0 Å². The summed E-state index contributed by atoms with van der Waals surface area (Å²) in [5, 5.41) is 9.49. The van der Waals surface area contributed by atoms with Crippen molar-refractivity contribution < 1.29 is 5.11 Å². The van der Waals surface area contributed by atoms with Crippen molar-refractivity contribution in [2.24, 2.45) is 0 Å². The topological polar surface area (TPSA) is 88.2 Å². The smallest absolute Gasteiger partial charge is 0.230 e. The highest BCUT2D eigenvalue weighted by molar-refractivity contribution is 7.99. The van der Waals surface area contributed by atoms with E-state index in [1.807, 2.05) is 21.0 Å². The maximum absolute atomic E-state index is 8.91. The molecule has 1 atom stereocenters. The van der Waals surface area contributed by atoms with E-state index in [2.05, 4.69) is 15.0 Å². The second kappa shape index (κ2) is 5.13. The number of anilines is 2. The fraction of sp³-hybridized carbons (Fsp3) is 0.625. The van der Waals surface area contributed by atoms with E-state index in [9.17, 15) is 0 Å². The van der Waals surface area contributed by atoms with Gasteiger partial charge in [-0.2, -0.15) is 15.0 Å². The Bertz CT molecular complexity index is 333. The molecule has 0 spiro atoms. The molecule has 15 heavy (non-hydrogen) atoms. The lowest BCUT2D eigenvalue weighted by molar-refractivity contribution is 0.300. The Balaban J connectivity index is 2.88. The highest BCUT2D eigenvalue weighted by Gasteiger charge is 2.09. The molecule has 1 aromatic rings. The monoisotopic (exact) mass is 229 g/mol. The van der Waals surface area contributed by atoms with Crippen LogP contribution in [0.3, 0.4) is 0 Å². The minimum Gasteiger partial charge on any atom is -0.395 e. The Morgan fingerprint density at radius 3 is 2.60 bits per heavy atom. The number of aromatic nitrogens is 3. The van der Waals surface area contributed by atoms with Crippen molar-refractivity contribution >= 4 is 23.7 Å². The van der Waals surface area contributed by atoms with E-state index in [1.165, 1.54) is 11.8 Å². The number of aliphatic hydroxyl groups is 1. The van der Waals surface area contributed by atoms with Gasteiger partial charge in [0.15, 0.2) is 5.16 Å². The lowest BCUT2D eigenvalue weighted by Crippen LogP contribution is -2.15. The minimum absolute atomic E-state index is 0.0433. The lowest BCUT2D eigenvalue weighted by atomic mass is 10.5. The first kappa shape index (κ1) is 12.0.